The minimum absolute atomic E-state index is 0.229. The molecule has 4 rings (SSSR count). The van der Waals surface area contributed by atoms with E-state index < -0.39 is 10.0 Å². The summed E-state index contributed by atoms with van der Waals surface area (Å²) in [6, 6.07) is 10.8. The molecule has 31 heavy (non-hydrogen) atoms. The van der Waals surface area contributed by atoms with Crippen molar-refractivity contribution in [3.8, 4) is 11.1 Å². The Hall–Kier alpha value is -2.51. The molecule has 3 heterocycles. The summed E-state index contributed by atoms with van der Waals surface area (Å²) in [5.74, 6) is 0.230. The number of aromatic nitrogens is 2. The van der Waals surface area contributed by atoms with Gasteiger partial charge in [0.25, 0.3) is 0 Å². The average molecular weight is 439 g/mol. The van der Waals surface area contributed by atoms with Crippen LogP contribution < -0.4 is 5.32 Å². The van der Waals surface area contributed by atoms with E-state index in [0.29, 0.717) is 19.5 Å². The van der Waals surface area contributed by atoms with Gasteiger partial charge in [-0.25, -0.2) is 12.7 Å². The van der Waals surface area contributed by atoms with Crippen LogP contribution in [-0.4, -0.2) is 47.6 Å². The Kier molecular flexibility index (Phi) is 6.25. The summed E-state index contributed by atoms with van der Waals surface area (Å²) in [5, 5.41) is 5.90. The first kappa shape index (κ1) is 21.7. The van der Waals surface area contributed by atoms with Crippen LogP contribution in [0, 0.1) is 13.8 Å². The van der Waals surface area contributed by atoms with E-state index in [-0.39, 0.29) is 11.8 Å². The number of nitrogens with one attached hydrogen (secondary N) is 1. The highest BCUT2D eigenvalue weighted by molar-refractivity contribution is 7.89. The van der Waals surface area contributed by atoms with Crippen molar-refractivity contribution < 1.29 is 8.42 Å². The molecule has 164 valence electrons. The molecule has 6 nitrogen and oxygen atoms in total. The standard InChI is InChI=1S/C24H30N4O2S/c1-4-11-31(29,30)28-9-6-22(7-10-28)27-24-15-21(14-19-5-8-25-16-23(19)24)20-12-17(2)26-18(3)13-20/h5,8,12-16,22,27H,4,6-7,9-11H2,1-3H3. The molecule has 0 radical (unpaired) electrons. The SMILES string of the molecule is CCCS(=O)(=O)N1CCC(Nc2cc(-c3cc(C)nc(C)c3)cc3ccncc23)CC1. The van der Waals surface area contributed by atoms with Crippen LogP contribution in [0.5, 0.6) is 0 Å². The zero-order valence-electron chi connectivity index (χ0n) is 18.4. The lowest BCUT2D eigenvalue weighted by molar-refractivity contribution is 0.330. The zero-order chi connectivity index (χ0) is 22.0. The van der Waals surface area contributed by atoms with Gasteiger partial charge < -0.3 is 5.32 Å². The number of hydrogen-bond acceptors (Lipinski definition) is 5. The fraction of sp³-hybridized carbons (Fsp3) is 0.417. The van der Waals surface area contributed by atoms with Crippen molar-refractivity contribution in [2.75, 3.05) is 24.2 Å². The number of rotatable bonds is 6. The summed E-state index contributed by atoms with van der Waals surface area (Å²) in [4.78, 5) is 8.82. The maximum atomic E-state index is 12.4. The summed E-state index contributed by atoms with van der Waals surface area (Å²) >= 11 is 0. The van der Waals surface area contributed by atoms with Gasteiger partial charge in [-0.1, -0.05) is 6.92 Å². The minimum atomic E-state index is -3.13. The summed E-state index contributed by atoms with van der Waals surface area (Å²) in [7, 11) is -3.13. The maximum absolute atomic E-state index is 12.4. The Morgan fingerprint density at radius 3 is 2.42 bits per heavy atom. The van der Waals surface area contributed by atoms with Gasteiger partial charge in [0.2, 0.25) is 10.0 Å². The maximum Gasteiger partial charge on any atom is 0.214 e. The molecule has 1 fully saturated rings. The normalized spacial score (nSPS) is 16.0. The summed E-state index contributed by atoms with van der Waals surface area (Å²) in [6.45, 7) is 7.07. The first-order valence-electron chi connectivity index (χ1n) is 10.9. The van der Waals surface area contributed by atoms with Gasteiger partial charge in [-0.2, -0.15) is 0 Å². The minimum Gasteiger partial charge on any atom is -0.382 e. The van der Waals surface area contributed by atoms with E-state index in [1.165, 1.54) is 0 Å². The lowest BCUT2D eigenvalue weighted by Crippen LogP contribution is -2.43. The summed E-state index contributed by atoms with van der Waals surface area (Å²) in [5.41, 5.74) is 5.33. The van der Waals surface area contributed by atoms with E-state index in [0.717, 1.165) is 51.8 Å². The number of pyridine rings is 2. The van der Waals surface area contributed by atoms with E-state index in [9.17, 15) is 8.42 Å². The van der Waals surface area contributed by atoms with Gasteiger partial charge in [-0.15, -0.1) is 0 Å². The van der Waals surface area contributed by atoms with Crippen LogP contribution in [0.25, 0.3) is 21.9 Å². The second-order valence-electron chi connectivity index (χ2n) is 8.39. The van der Waals surface area contributed by atoms with Crippen molar-refractivity contribution in [3.05, 3.63) is 54.1 Å². The van der Waals surface area contributed by atoms with Crippen LogP contribution in [0.1, 0.15) is 37.6 Å². The number of piperidine rings is 1. The molecule has 0 aliphatic carbocycles. The third kappa shape index (κ3) is 4.88. The smallest absolute Gasteiger partial charge is 0.214 e. The predicted octanol–water partition coefficient (Wildman–Crippen LogP) is 4.53. The van der Waals surface area contributed by atoms with E-state index >= 15 is 0 Å². The molecule has 1 saturated heterocycles. The van der Waals surface area contributed by atoms with Crippen molar-refractivity contribution in [2.45, 2.75) is 46.1 Å². The van der Waals surface area contributed by atoms with Crippen molar-refractivity contribution in [3.63, 3.8) is 0 Å². The largest absolute Gasteiger partial charge is 0.382 e. The van der Waals surface area contributed by atoms with Crippen LogP contribution in [0.15, 0.2) is 42.7 Å². The molecule has 1 N–H and O–H groups in total. The van der Waals surface area contributed by atoms with Gasteiger partial charge in [-0.05, 0) is 80.0 Å². The Labute approximate surface area is 184 Å². The molecule has 3 aromatic rings. The predicted molar refractivity (Wildman–Crippen MR) is 127 cm³/mol. The van der Waals surface area contributed by atoms with Gasteiger partial charge >= 0.3 is 0 Å². The quantitative estimate of drug-likeness (QED) is 0.612. The van der Waals surface area contributed by atoms with Crippen molar-refractivity contribution in [1.29, 1.82) is 0 Å². The van der Waals surface area contributed by atoms with E-state index in [4.69, 9.17) is 0 Å². The van der Waals surface area contributed by atoms with Crippen molar-refractivity contribution in [1.82, 2.24) is 14.3 Å². The fourth-order valence-corrected chi connectivity index (χ4v) is 5.91. The van der Waals surface area contributed by atoms with E-state index in [1.54, 1.807) is 4.31 Å². The van der Waals surface area contributed by atoms with Gasteiger partial charge in [0, 0.05) is 54.0 Å². The van der Waals surface area contributed by atoms with Gasteiger partial charge in [-0.3, -0.25) is 9.97 Å². The molecular formula is C24H30N4O2S. The molecular weight excluding hydrogens is 408 g/mol. The fourth-order valence-electron chi connectivity index (χ4n) is 4.37. The molecule has 0 bridgehead atoms. The monoisotopic (exact) mass is 438 g/mol. The third-order valence-electron chi connectivity index (χ3n) is 5.84. The molecule has 0 spiro atoms. The van der Waals surface area contributed by atoms with Gasteiger partial charge in [0.05, 0.1) is 5.75 Å². The first-order chi connectivity index (χ1) is 14.9. The van der Waals surface area contributed by atoms with Crippen molar-refractivity contribution >= 4 is 26.5 Å². The molecule has 2 aromatic heterocycles. The van der Waals surface area contributed by atoms with Gasteiger partial charge in [0.1, 0.15) is 0 Å². The molecule has 0 amide bonds. The lowest BCUT2D eigenvalue weighted by atomic mass is 9.99. The highest BCUT2D eigenvalue weighted by Crippen LogP contribution is 2.32. The number of anilines is 1. The Balaban J connectivity index is 1.61. The number of fused-ring (bicyclic) bond motifs is 1. The highest BCUT2D eigenvalue weighted by atomic mass is 32.2. The topological polar surface area (TPSA) is 75.2 Å². The number of sulfonamides is 1. The molecule has 0 saturated carbocycles. The van der Waals surface area contributed by atoms with E-state index in [1.807, 2.05) is 39.2 Å². The van der Waals surface area contributed by atoms with Crippen LogP contribution in [0.2, 0.25) is 0 Å². The first-order valence-corrected chi connectivity index (χ1v) is 12.5. The molecule has 7 heteroatoms. The molecule has 0 unspecified atom stereocenters. The lowest BCUT2D eigenvalue weighted by Gasteiger charge is -2.32. The summed E-state index contributed by atoms with van der Waals surface area (Å²) < 4.78 is 26.4. The Morgan fingerprint density at radius 1 is 1.06 bits per heavy atom. The van der Waals surface area contributed by atoms with Gasteiger partial charge in [0.15, 0.2) is 0 Å². The average Bonchev–Trinajstić information content (AvgIpc) is 2.73. The number of nitrogens with zero attached hydrogens (tertiary/aromatic N) is 3. The van der Waals surface area contributed by atoms with Crippen LogP contribution in [0.3, 0.4) is 0 Å². The van der Waals surface area contributed by atoms with Crippen LogP contribution in [0.4, 0.5) is 5.69 Å². The summed E-state index contributed by atoms with van der Waals surface area (Å²) in [6.07, 6.45) is 5.95. The van der Waals surface area contributed by atoms with Crippen LogP contribution >= 0.6 is 0 Å². The molecule has 0 atom stereocenters. The number of benzene rings is 1. The molecule has 1 aromatic carbocycles. The second-order valence-corrected chi connectivity index (χ2v) is 10.5. The number of hydrogen-bond donors (Lipinski definition) is 1. The number of aryl methyl sites for hydroxylation is 2. The molecule has 1 aliphatic rings. The third-order valence-corrected chi connectivity index (χ3v) is 7.92. The van der Waals surface area contributed by atoms with Crippen LogP contribution in [-0.2, 0) is 10.0 Å². The Morgan fingerprint density at radius 2 is 1.74 bits per heavy atom. The molecule has 1 aliphatic heterocycles. The van der Waals surface area contributed by atoms with Crippen molar-refractivity contribution in [2.24, 2.45) is 0 Å². The zero-order valence-corrected chi connectivity index (χ0v) is 19.2. The second kappa shape index (κ2) is 8.93. The highest BCUT2D eigenvalue weighted by Gasteiger charge is 2.27. The van der Waals surface area contributed by atoms with E-state index in [2.05, 4.69) is 39.6 Å². The Bertz CT molecular complexity index is 1170.